The Morgan fingerprint density at radius 1 is 1.60 bits per heavy atom. The molecule has 82 valence electrons. The first-order valence-corrected chi connectivity index (χ1v) is 4.73. The fourth-order valence-corrected chi connectivity index (χ4v) is 1.01. The van der Waals surface area contributed by atoms with Crippen molar-refractivity contribution in [3.63, 3.8) is 0 Å². The Morgan fingerprint density at radius 2 is 2.33 bits per heavy atom. The second kappa shape index (κ2) is 5.31. The van der Waals surface area contributed by atoms with Crippen molar-refractivity contribution >= 4 is 5.91 Å². The number of hydrogen-bond acceptors (Lipinski definition) is 4. The molecular weight excluding hydrogens is 196 g/mol. The first kappa shape index (κ1) is 11.5. The van der Waals surface area contributed by atoms with Gasteiger partial charge in [-0.05, 0) is 12.5 Å². The van der Waals surface area contributed by atoms with Crippen LogP contribution in [0.2, 0.25) is 0 Å². The van der Waals surface area contributed by atoms with Crippen molar-refractivity contribution in [3.8, 4) is 5.75 Å². The molecular formula is C10H14N2O3. The van der Waals surface area contributed by atoms with Crippen LogP contribution in [0.25, 0.3) is 0 Å². The molecule has 0 unspecified atom stereocenters. The molecule has 1 rings (SSSR count). The van der Waals surface area contributed by atoms with E-state index in [0.717, 1.165) is 0 Å². The van der Waals surface area contributed by atoms with Crippen molar-refractivity contribution in [2.75, 3.05) is 6.54 Å². The van der Waals surface area contributed by atoms with Crippen molar-refractivity contribution < 1.29 is 15.0 Å². The SMILES string of the molecule is CC[C@H](O)CNC(=O)c1cncc(O)c1. The Morgan fingerprint density at radius 3 is 2.93 bits per heavy atom. The maximum Gasteiger partial charge on any atom is 0.253 e. The molecule has 0 saturated heterocycles. The summed E-state index contributed by atoms with van der Waals surface area (Å²) in [5.74, 6) is -0.412. The van der Waals surface area contributed by atoms with E-state index in [-0.39, 0.29) is 23.8 Å². The highest BCUT2D eigenvalue weighted by molar-refractivity contribution is 5.94. The number of aromatic nitrogens is 1. The fourth-order valence-electron chi connectivity index (χ4n) is 1.01. The largest absolute Gasteiger partial charge is 0.506 e. The molecule has 1 amide bonds. The third-order valence-corrected chi connectivity index (χ3v) is 1.96. The summed E-state index contributed by atoms with van der Waals surface area (Å²) >= 11 is 0. The second-order valence-electron chi connectivity index (χ2n) is 3.20. The molecule has 15 heavy (non-hydrogen) atoms. The summed E-state index contributed by atoms with van der Waals surface area (Å²) < 4.78 is 0. The van der Waals surface area contributed by atoms with Crippen LogP contribution in [-0.2, 0) is 0 Å². The summed E-state index contributed by atoms with van der Waals surface area (Å²) in [7, 11) is 0. The van der Waals surface area contributed by atoms with Crippen LogP contribution in [-0.4, -0.2) is 33.8 Å². The lowest BCUT2D eigenvalue weighted by Crippen LogP contribution is -2.31. The van der Waals surface area contributed by atoms with Gasteiger partial charge in [-0.3, -0.25) is 9.78 Å². The van der Waals surface area contributed by atoms with Crippen molar-refractivity contribution in [1.82, 2.24) is 10.3 Å². The van der Waals surface area contributed by atoms with Gasteiger partial charge >= 0.3 is 0 Å². The number of amides is 1. The summed E-state index contributed by atoms with van der Waals surface area (Å²) in [4.78, 5) is 15.1. The minimum atomic E-state index is -0.542. The van der Waals surface area contributed by atoms with Crippen molar-refractivity contribution in [2.24, 2.45) is 0 Å². The van der Waals surface area contributed by atoms with Crippen LogP contribution in [0.15, 0.2) is 18.5 Å². The van der Waals surface area contributed by atoms with Gasteiger partial charge in [0.05, 0.1) is 17.9 Å². The lowest BCUT2D eigenvalue weighted by atomic mass is 10.2. The Kier molecular flexibility index (Phi) is 4.05. The number of carbonyl (C=O) groups is 1. The van der Waals surface area contributed by atoms with E-state index in [4.69, 9.17) is 5.11 Å². The molecule has 0 aromatic carbocycles. The fraction of sp³-hybridized carbons (Fsp3) is 0.400. The molecule has 5 heteroatoms. The van der Waals surface area contributed by atoms with Gasteiger partial charge in [0.15, 0.2) is 0 Å². The van der Waals surface area contributed by atoms with Gasteiger partial charge in [0.25, 0.3) is 5.91 Å². The van der Waals surface area contributed by atoms with E-state index in [1.165, 1.54) is 18.5 Å². The molecule has 0 bridgehead atoms. The zero-order valence-electron chi connectivity index (χ0n) is 8.47. The minimum absolute atomic E-state index is 0.0568. The highest BCUT2D eigenvalue weighted by Crippen LogP contribution is 2.07. The van der Waals surface area contributed by atoms with Crippen molar-refractivity contribution in [3.05, 3.63) is 24.0 Å². The van der Waals surface area contributed by atoms with Gasteiger partial charge < -0.3 is 15.5 Å². The van der Waals surface area contributed by atoms with E-state index in [1.807, 2.05) is 6.92 Å². The molecule has 5 nitrogen and oxygen atoms in total. The third-order valence-electron chi connectivity index (χ3n) is 1.96. The number of pyridine rings is 1. The van der Waals surface area contributed by atoms with Crippen molar-refractivity contribution in [2.45, 2.75) is 19.4 Å². The van der Waals surface area contributed by atoms with Gasteiger partial charge in [0, 0.05) is 12.7 Å². The summed E-state index contributed by atoms with van der Waals surface area (Å²) in [6.07, 6.45) is 2.64. The average Bonchev–Trinajstić information content (AvgIpc) is 2.25. The van der Waals surface area contributed by atoms with Gasteiger partial charge in [-0.1, -0.05) is 6.92 Å². The zero-order valence-corrected chi connectivity index (χ0v) is 8.47. The number of hydrogen-bond donors (Lipinski definition) is 3. The van der Waals surface area contributed by atoms with E-state index in [0.29, 0.717) is 6.42 Å². The predicted molar refractivity (Wildman–Crippen MR) is 54.5 cm³/mol. The Hall–Kier alpha value is -1.62. The van der Waals surface area contributed by atoms with Gasteiger partial charge in [0.2, 0.25) is 0 Å². The maximum absolute atomic E-state index is 11.4. The smallest absolute Gasteiger partial charge is 0.253 e. The number of carbonyl (C=O) groups excluding carboxylic acids is 1. The standard InChI is InChI=1S/C10H14N2O3/c1-2-8(13)6-12-10(15)7-3-9(14)5-11-4-7/h3-5,8,13-14H,2,6H2,1H3,(H,12,15)/t8-/m0/s1. The van der Waals surface area contributed by atoms with E-state index in [2.05, 4.69) is 10.3 Å². The van der Waals surface area contributed by atoms with Crippen LogP contribution in [0.5, 0.6) is 5.75 Å². The van der Waals surface area contributed by atoms with Crippen LogP contribution >= 0.6 is 0 Å². The second-order valence-corrected chi connectivity index (χ2v) is 3.20. The molecule has 1 aromatic heterocycles. The van der Waals surface area contributed by atoms with Gasteiger partial charge in [-0.2, -0.15) is 0 Å². The molecule has 0 spiro atoms. The summed E-state index contributed by atoms with van der Waals surface area (Å²) in [5, 5.41) is 20.9. The Bertz CT molecular complexity index is 341. The quantitative estimate of drug-likeness (QED) is 0.667. The lowest BCUT2D eigenvalue weighted by Gasteiger charge is -2.09. The third kappa shape index (κ3) is 3.55. The summed E-state index contributed by atoms with van der Waals surface area (Å²) in [6.45, 7) is 2.03. The van der Waals surface area contributed by atoms with Crippen molar-refractivity contribution in [1.29, 1.82) is 0 Å². The first-order chi connectivity index (χ1) is 7.13. The number of aromatic hydroxyl groups is 1. The lowest BCUT2D eigenvalue weighted by molar-refractivity contribution is 0.0913. The molecule has 1 heterocycles. The Balaban J connectivity index is 2.54. The number of rotatable bonds is 4. The maximum atomic E-state index is 11.4. The van der Waals surface area contributed by atoms with E-state index < -0.39 is 6.10 Å². The first-order valence-electron chi connectivity index (χ1n) is 4.73. The highest BCUT2D eigenvalue weighted by atomic mass is 16.3. The normalized spacial score (nSPS) is 12.1. The topological polar surface area (TPSA) is 82.5 Å². The van der Waals surface area contributed by atoms with Crippen LogP contribution in [0, 0.1) is 0 Å². The van der Waals surface area contributed by atoms with E-state index in [1.54, 1.807) is 0 Å². The highest BCUT2D eigenvalue weighted by Gasteiger charge is 2.08. The molecule has 0 aliphatic heterocycles. The number of aliphatic hydroxyl groups excluding tert-OH is 1. The van der Waals surface area contributed by atoms with Gasteiger partial charge in [-0.25, -0.2) is 0 Å². The molecule has 0 aliphatic carbocycles. The molecule has 0 saturated carbocycles. The van der Waals surface area contributed by atoms with Crippen LogP contribution < -0.4 is 5.32 Å². The minimum Gasteiger partial charge on any atom is -0.506 e. The number of nitrogens with zero attached hydrogens (tertiary/aromatic N) is 1. The zero-order chi connectivity index (χ0) is 11.3. The van der Waals surface area contributed by atoms with Crippen LogP contribution in [0.4, 0.5) is 0 Å². The van der Waals surface area contributed by atoms with Gasteiger partial charge in [-0.15, -0.1) is 0 Å². The predicted octanol–water partition coefficient (Wildman–Crippen LogP) is 0.288. The van der Waals surface area contributed by atoms with Gasteiger partial charge in [0.1, 0.15) is 5.75 Å². The van der Waals surface area contributed by atoms with E-state index >= 15 is 0 Å². The summed E-state index contributed by atoms with van der Waals surface area (Å²) in [5.41, 5.74) is 0.276. The molecule has 0 aliphatic rings. The molecule has 1 aromatic rings. The summed E-state index contributed by atoms with van der Waals surface area (Å²) in [6, 6.07) is 1.32. The average molecular weight is 210 g/mol. The monoisotopic (exact) mass is 210 g/mol. The molecule has 0 fully saturated rings. The van der Waals surface area contributed by atoms with Crippen LogP contribution in [0.1, 0.15) is 23.7 Å². The Labute approximate surface area is 87.8 Å². The molecule has 0 radical (unpaired) electrons. The van der Waals surface area contributed by atoms with E-state index in [9.17, 15) is 9.90 Å². The number of aliphatic hydroxyl groups is 1. The molecule has 1 atom stereocenters. The molecule has 3 N–H and O–H groups in total. The number of nitrogens with one attached hydrogen (secondary N) is 1. The van der Waals surface area contributed by atoms with Crippen LogP contribution in [0.3, 0.4) is 0 Å².